The van der Waals surface area contributed by atoms with Crippen molar-refractivity contribution in [2.24, 2.45) is 0 Å². The zero-order valence-corrected chi connectivity index (χ0v) is 22.2. The standard InChI is InChI=1S/C28H25O.2ClH.Zr/c1-18(2)22-13-14-25-23-11-5-3-9-20(23)17-26(25)28(22)27-21(10-7-15-29)16-19-8-4-6-12-24(19)27;;;/h3-6,8-9,11-14,16,27,29H,7,10,15H2,1-2H3;2*1H;/q;;;+2/p-2. The van der Waals surface area contributed by atoms with Crippen LogP contribution in [0, 0.1) is 10.4 Å². The number of allylic oxidation sites excluding steroid dienone is 1. The molecule has 0 saturated heterocycles. The number of aliphatic hydroxyl groups excluding tert-OH is 1. The molecular weight excluding hydrogens is 514 g/mol. The van der Waals surface area contributed by atoms with E-state index in [0.29, 0.717) is 0 Å². The van der Waals surface area contributed by atoms with Crippen LogP contribution < -0.4 is 35.3 Å². The summed E-state index contributed by atoms with van der Waals surface area (Å²) in [6.45, 7) is 4.70. The van der Waals surface area contributed by atoms with Crippen LogP contribution in [-0.4, -0.2) is 11.7 Å². The van der Waals surface area contributed by atoms with E-state index in [2.05, 4.69) is 80.6 Å². The molecule has 0 amide bonds. The molecule has 3 aromatic rings. The Bertz CT molecular complexity index is 1420. The van der Waals surface area contributed by atoms with Crippen LogP contribution in [0.15, 0.2) is 66.2 Å². The second-order valence-electron chi connectivity index (χ2n) is 8.48. The predicted octanol–water partition coefficient (Wildman–Crippen LogP) is -1.51. The number of halogens is 2. The Morgan fingerprint density at radius 2 is 1.56 bits per heavy atom. The minimum absolute atomic E-state index is 0. The minimum atomic E-state index is 0. The van der Waals surface area contributed by atoms with Crippen LogP contribution >= 0.6 is 0 Å². The molecule has 161 valence electrons. The van der Waals surface area contributed by atoms with Gasteiger partial charge in [0.2, 0.25) is 0 Å². The van der Waals surface area contributed by atoms with Gasteiger partial charge >= 0.3 is 193 Å². The van der Waals surface area contributed by atoms with Crippen LogP contribution in [0.4, 0.5) is 0 Å². The van der Waals surface area contributed by atoms with Gasteiger partial charge in [0.25, 0.3) is 0 Å². The first-order valence-electron chi connectivity index (χ1n) is 10.7. The van der Waals surface area contributed by atoms with Crippen molar-refractivity contribution in [3.63, 3.8) is 0 Å². The zero-order chi connectivity index (χ0) is 20.8. The SMILES string of the molecule is CC(C)=c1ccc2c(c1C1C(CCCO)=Cc3ccccc31)[C]([Zr+2])=c1ccccc1=2.[Cl-].[Cl-]. The molecule has 0 spiro atoms. The topological polar surface area (TPSA) is 20.2 Å². The summed E-state index contributed by atoms with van der Waals surface area (Å²) in [5.74, 6) is 0.261. The summed E-state index contributed by atoms with van der Waals surface area (Å²) in [5.41, 5.74) is 8.43. The summed E-state index contributed by atoms with van der Waals surface area (Å²) < 4.78 is 1.47. The Balaban J connectivity index is 0.00000144. The predicted molar refractivity (Wildman–Crippen MR) is 120 cm³/mol. The number of hydrogen-bond acceptors (Lipinski definition) is 1. The van der Waals surface area contributed by atoms with Crippen LogP contribution in [0.3, 0.4) is 0 Å². The van der Waals surface area contributed by atoms with Crippen molar-refractivity contribution in [3.8, 4) is 0 Å². The van der Waals surface area contributed by atoms with Crippen LogP contribution in [0.5, 0.6) is 0 Å². The van der Waals surface area contributed by atoms with Gasteiger partial charge in [-0.05, 0) is 0 Å². The Kier molecular flexibility index (Phi) is 8.05. The van der Waals surface area contributed by atoms with E-state index in [1.807, 2.05) is 0 Å². The fourth-order valence-corrected chi connectivity index (χ4v) is 6.35. The third-order valence-electron chi connectivity index (χ3n) is 6.45. The monoisotopic (exact) mass is 537 g/mol. The molecule has 0 fully saturated rings. The summed E-state index contributed by atoms with van der Waals surface area (Å²) in [7, 11) is 0. The van der Waals surface area contributed by atoms with Gasteiger partial charge in [0, 0.05) is 0 Å². The smallest absolute Gasteiger partial charge is 1.00 e. The molecule has 2 aliphatic rings. The summed E-state index contributed by atoms with van der Waals surface area (Å²) in [5, 5.41) is 15.0. The molecule has 0 radical (unpaired) electrons. The molecule has 1 N–H and O–H groups in total. The van der Waals surface area contributed by atoms with E-state index in [4.69, 9.17) is 0 Å². The van der Waals surface area contributed by atoms with E-state index in [-0.39, 0.29) is 37.3 Å². The summed E-state index contributed by atoms with van der Waals surface area (Å²) in [6.07, 6.45) is 4.11. The summed E-state index contributed by atoms with van der Waals surface area (Å²) in [4.78, 5) is 0. The van der Waals surface area contributed by atoms with Crippen LogP contribution in [-0.2, 0) is 24.7 Å². The minimum Gasteiger partial charge on any atom is -1.00 e. The van der Waals surface area contributed by atoms with Crippen LogP contribution in [0.25, 0.3) is 14.9 Å². The van der Waals surface area contributed by atoms with E-state index in [9.17, 15) is 5.11 Å². The molecule has 0 saturated carbocycles. The fraction of sp³-hybridized carbons (Fsp3) is 0.214. The maximum atomic E-state index is 9.53. The first-order valence-corrected chi connectivity index (χ1v) is 11.9. The molecule has 0 aromatic heterocycles. The van der Waals surface area contributed by atoms with Gasteiger partial charge in [-0.25, -0.2) is 0 Å². The number of hydrogen-bond donors (Lipinski definition) is 1. The van der Waals surface area contributed by atoms with Gasteiger partial charge in [-0.3, -0.25) is 0 Å². The third-order valence-corrected chi connectivity index (χ3v) is 7.73. The maximum absolute atomic E-state index is 9.53. The van der Waals surface area contributed by atoms with E-state index in [1.54, 1.807) is 0 Å². The van der Waals surface area contributed by atoms with Gasteiger partial charge in [0.05, 0.1) is 0 Å². The Morgan fingerprint density at radius 1 is 0.875 bits per heavy atom. The first kappa shape index (κ1) is 25.2. The first-order chi connectivity index (χ1) is 14.6. The Morgan fingerprint density at radius 3 is 2.28 bits per heavy atom. The molecule has 4 heteroatoms. The molecule has 1 atom stereocenters. The van der Waals surface area contributed by atoms with Crippen molar-refractivity contribution < 1.29 is 54.6 Å². The molecule has 32 heavy (non-hydrogen) atoms. The van der Waals surface area contributed by atoms with Gasteiger partial charge in [-0.1, -0.05) is 0 Å². The van der Waals surface area contributed by atoms with Gasteiger partial charge in [0.1, 0.15) is 0 Å². The van der Waals surface area contributed by atoms with Gasteiger partial charge in [0.15, 0.2) is 0 Å². The average Bonchev–Trinajstić information content (AvgIpc) is 3.27. The third kappa shape index (κ3) is 4.01. The second-order valence-corrected chi connectivity index (χ2v) is 9.71. The molecular formula is C28H25Cl2OZr. The van der Waals surface area contributed by atoms with Crippen molar-refractivity contribution in [1.82, 2.24) is 0 Å². The Hall–Kier alpha value is -1.44. The van der Waals surface area contributed by atoms with E-state index in [0.717, 1.165) is 12.8 Å². The summed E-state index contributed by atoms with van der Waals surface area (Å²) in [6, 6.07) is 22.3. The van der Waals surface area contributed by atoms with Crippen molar-refractivity contribution in [3.05, 3.63) is 109 Å². The zero-order valence-electron chi connectivity index (χ0n) is 18.3. The molecule has 0 bridgehead atoms. The largest absolute Gasteiger partial charge is 1.00 e. The second kappa shape index (κ2) is 10.2. The molecule has 3 aromatic carbocycles. The van der Waals surface area contributed by atoms with E-state index < -0.39 is 0 Å². The van der Waals surface area contributed by atoms with Crippen LogP contribution in [0.2, 0.25) is 0 Å². The van der Waals surface area contributed by atoms with Crippen molar-refractivity contribution in [2.75, 3.05) is 6.61 Å². The van der Waals surface area contributed by atoms with E-state index >= 15 is 0 Å². The fourth-order valence-electron chi connectivity index (χ4n) is 5.15. The van der Waals surface area contributed by atoms with Crippen molar-refractivity contribution >= 4 is 14.9 Å². The molecule has 2 aliphatic carbocycles. The van der Waals surface area contributed by atoms with Crippen molar-refractivity contribution in [1.29, 1.82) is 0 Å². The number of aliphatic hydroxyl groups is 1. The normalized spacial score (nSPS) is 15.2. The molecule has 1 unspecified atom stereocenters. The van der Waals surface area contributed by atoms with Gasteiger partial charge < -0.3 is 24.8 Å². The number of fused-ring (bicyclic) bond motifs is 3. The molecule has 5 rings (SSSR count). The Labute approximate surface area is 216 Å². The van der Waals surface area contributed by atoms with Gasteiger partial charge in [-0.15, -0.1) is 0 Å². The maximum Gasteiger partial charge on any atom is -1.00 e. The van der Waals surface area contributed by atoms with Gasteiger partial charge in [-0.2, -0.15) is 0 Å². The van der Waals surface area contributed by atoms with Crippen molar-refractivity contribution in [2.45, 2.75) is 32.6 Å². The molecule has 1 nitrogen and oxygen atoms in total. The summed E-state index contributed by atoms with van der Waals surface area (Å²) >= 11 is 1.46. The number of benzene rings is 3. The number of rotatable bonds is 4. The van der Waals surface area contributed by atoms with E-state index in [1.165, 1.54) is 82.3 Å². The molecule has 0 aliphatic heterocycles. The van der Waals surface area contributed by atoms with Crippen LogP contribution in [0.1, 0.15) is 54.9 Å². The quantitative estimate of drug-likeness (QED) is 0.428. The average molecular weight is 540 g/mol. The molecule has 0 heterocycles.